The molecule has 0 saturated carbocycles. The van der Waals surface area contributed by atoms with Crippen molar-refractivity contribution in [1.82, 2.24) is 0 Å². The van der Waals surface area contributed by atoms with E-state index >= 15 is 0 Å². The van der Waals surface area contributed by atoms with Gasteiger partial charge in [0, 0.05) is 21.1 Å². The Labute approximate surface area is 137 Å². The van der Waals surface area contributed by atoms with Crippen molar-refractivity contribution in [2.24, 2.45) is 0 Å². The molecule has 2 aromatic carbocycles. The molecule has 1 amide bonds. The van der Waals surface area contributed by atoms with Crippen molar-refractivity contribution < 1.29 is 13.2 Å². The molecule has 0 radical (unpaired) electrons. The molecule has 0 aliphatic carbocycles. The molecule has 0 bridgehead atoms. The molecule has 0 saturated heterocycles. The van der Waals surface area contributed by atoms with Crippen LogP contribution in [0.3, 0.4) is 0 Å². The first-order chi connectivity index (χ1) is 9.77. The second-order valence-corrected chi connectivity index (χ2v) is 7.97. The van der Waals surface area contributed by atoms with Gasteiger partial charge in [-0.1, -0.05) is 6.07 Å². The smallest absolute Gasteiger partial charge is 0.255 e. The Balaban J connectivity index is 2.31. The fourth-order valence-corrected chi connectivity index (χ4v) is 2.77. The van der Waals surface area contributed by atoms with Gasteiger partial charge in [0.1, 0.15) is 0 Å². The van der Waals surface area contributed by atoms with Gasteiger partial charge in [0.25, 0.3) is 5.91 Å². The van der Waals surface area contributed by atoms with Gasteiger partial charge >= 0.3 is 0 Å². The molecule has 0 atom stereocenters. The lowest BCUT2D eigenvalue weighted by Gasteiger charge is -2.10. The standard InChI is InChI=1S/C15H14INO3S/c1-10-3-8-13(21(2,19)20)9-14(10)17-15(18)11-4-6-12(16)7-5-11/h3-9H,1-2H3,(H,17,18). The molecular weight excluding hydrogens is 401 g/mol. The molecule has 1 N–H and O–H groups in total. The Bertz CT molecular complexity index is 783. The fraction of sp³-hybridized carbons (Fsp3) is 0.133. The van der Waals surface area contributed by atoms with E-state index < -0.39 is 9.84 Å². The second kappa shape index (κ2) is 6.15. The van der Waals surface area contributed by atoms with Crippen molar-refractivity contribution in [1.29, 1.82) is 0 Å². The second-order valence-electron chi connectivity index (χ2n) is 4.71. The van der Waals surface area contributed by atoms with E-state index in [0.717, 1.165) is 15.4 Å². The molecule has 4 nitrogen and oxygen atoms in total. The van der Waals surface area contributed by atoms with E-state index in [1.807, 2.05) is 19.1 Å². The maximum absolute atomic E-state index is 12.2. The minimum Gasteiger partial charge on any atom is -0.322 e. The van der Waals surface area contributed by atoms with Gasteiger partial charge in [0.15, 0.2) is 9.84 Å². The number of amides is 1. The predicted molar refractivity (Wildman–Crippen MR) is 91.4 cm³/mol. The molecule has 6 heteroatoms. The Hall–Kier alpha value is -1.41. The number of anilines is 1. The molecule has 0 heterocycles. The first-order valence-electron chi connectivity index (χ1n) is 6.15. The lowest BCUT2D eigenvalue weighted by molar-refractivity contribution is 0.102. The molecule has 2 rings (SSSR count). The van der Waals surface area contributed by atoms with E-state index in [1.54, 1.807) is 18.2 Å². The van der Waals surface area contributed by atoms with Crippen LogP contribution < -0.4 is 5.32 Å². The lowest BCUT2D eigenvalue weighted by Crippen LogP contribution is -2.13. The number of sulfone groups is 1. The average Bonchev–Trinajstić information content (AvgIpc) is 2.40. The van der Waals surface area contributed by atoms with Gasteiger partial charge in [-0.15, -0.1) is 0 Å². The van der Waals surface area contributed by atoms with E-state index in [2.05, 4.69) is 27.9 Å². The third-order valence-electron chi connectivity index (χ3n) is 2.99. The summed E-state index contributed by atoms with van der Waals surface area (Å²) in [6.45, 7) is 1.82. The maximum atomic E-state index is 12.2. The van der Waals surface area contributed by atoms with Gasteiger partial charge < -0.3 is 5.32 Å². The average molecular weight is 415 g/mol. The number of benzene rings is 2. The van der Waals surface area contributed by atoms with Crippen molar-refractivity contribution in [3.05, 3.63) is 57.2 Å². The van der Waals surface area contributed by atoms with Crippen molar-refractivity contribution in [2.75, 3.05) is 11.6 Å². The summed E-state index contributed by atoms with van der Waals surface area (Å²) in [5, 5.41) is 2.75. The van der Waals surface area contributed by atoms with Crippen LogP contribution in [-0.4, -0.2) is 20.6 Å². The quantitative estimate of drug-likeness (QED) is 0.783. The molecule has 0 aromatic heterocycles. The van der Waals surface area contributed by atoms with Crippen LogP contribution in [0.15, 0.2) is 47.4 Å². The number of halogens is 1. The first kappa shape index (κ1) is 16.0. The van der Waals surface area contributed by atoms with Gasteiger partial charge in [-0.2, -0.15) is 0 Å². The summed E-state index contributed by atoms with van der Waals surface area (Å²) < 4.78 is 24.2. The lowest BCUT2D eigenvalue weighted by atomic mass is 10.1. The zero-order valence-electron chi connectivity index (χ0n) is 11.6. The van der Waals surface area contributed by atoms with Crippen molar-refractivity contribution in [3.63, 3.8) is 0 Å². The highest BCUT2D eigenvalue weighted by molar-refractivity contribution is 14.1. The number of carbonyl (C=O) groups excluding carboxylic acids is 1. The summed E-state index contributed by atoms with van der Waals surface area (Å²) in [6, 6.07) is 11.8. The zero-order chi connectivity index (χ0) is 15.6. The van der Waals surface area contributed by atoms with Crippen molar-refractivity contribution in [2.45, 2.75) is 11.8 Å². The Morgan fingerprint density at radius 2 is 1.71 bits per heavy atom. The summed E-state index contributed by atoms with van der Waals surface area (Å²) in [6.07, 6.45) is 1.14. The largest absolute Gasteiger partial charge is 0.322 e. The summed E-state index contributed by atoms with van der Waals surface area (Å²) in [5.41, 5.74) is 1.84. The van der Waals surface area contributed by atoms with Crippen LogP contribution in [0.2, 0.25) is 0 Å². The number of rotatable bonds is 3. The number of nitrogens with one attached hydrogen (secondary N) is 1. The van der Waals surface area contributed by atoms with Crippen LogP contribution in [0.4, 0.5) is 5.69 Å². The van der Waals surface area contributed by atoms with Crippen LogP contribution in [0.25, 0.3) is 0 Å². The topological polar surface area (TPSA) is 63.2 Å². The highest BCUT2D eigenvalue weighted by atomic mass is 127. The van der Waals surface area contributed by atoms with Crippen molar-refractivity contribution >= 4 is 44.0 Å². The highest BCUT2D eigenvalue weighted by Gasteiger charge is 2.12. The maximum Gasteiger partial charge on any atom is 0.255 e. The molecule has 0 aliphatic rings. The van der Waals surface area contributed by atoms with Crippen LogP contribution >= 0.6 is 22.6 Å². The summed E-state index contributed by atoms with van der Waals surface area (Å²) in [7, 11) is -3.30. The van der Waals surface area contributed by atoms with Gasteiger partial charge in [-0.3, -0.25) is 4.79 Å². The van der Waals surface area contributed by atoms with Crippen LogP contribution in [0.5, 0.6) is 0 Å². The minimum atomic E-state index is -3.30. The normalized spacial score (nSPS) is 11.2. The van der Waals surface area contributed by atoms with Gasteiger partial charge in [0.2, 0.25) is 0 Å². The first-order valence-corrected chi connectivity index (χ1v) is 9.12. The summed E-state index contributed by atoms with van der Waals surface area (Å²) in [4.78, 5) is 12.4. The van der Waals surface area contributed by atoms with Crippen LogP contribution in [-0.2, 0) is 9.84 Å². The number of carbonyl (C=O) groups is 1. The molecule has 0 fully saturated rings. The number of hydrogen-bond donors (Lipinski definition) is 1. The molecule has 0 aliphatic heterocycles. The highest BCUT2D eigenvalue weighted by Crippen LogP contribution is 2.21. The molecule has 0 unspecified atom stereocenters. The molecule has 2 aromatic rings. The van der Waals surface area contributed by atoms with E-state index in [1.165, 1.54) is 12.1 Å². The van der Waals surface area contributed by atoms with Gasteiger partial charge in [-0.25, -0.2) is 8.42 Å². The Morgan fingerprint density at radius 3 is 2.29 bits per heavy atom. The zero-order valence-corrected chi connectivity index (χ0v) is 14.5. The Kier molecular flexibility index (Phi) is 4.67. The van der Waals surface area contributed by atoms with Crippen LogP contribution in [0, 0.1) is 10.5 Å². The van der Waals surface area contributed by atoms with Crippen LogP contribution in [0.1, 0.15) is 15.9 Å². The SMILES string of the molecule is Cc1ccc(S(C)(=O)=O)cc1NC(=O)c1ccc(I)cc1. The third-order valence-corrected chi connectivity index (χ3v) is 4.82. The van der Waals surface area contributed by atoms with Gasteiger partial charge in [0.05, 0.1) is 4.90 Å². The summed E-state index contributed by atoms with van der Waals surface area (Å²) in [5.74, 6) is -0.264. The molecule has 21 heavy (non-hydrogen) atoms. The third kappa shape index (κ3) is 4.04. The Morgan fingerprint density at radius 1 is 1.10 bits per heavy atom. The van der Waals surface area contributed by atoms with Crippen molar-refractivity contribution in [3.8, 4) is 0 Å². The van der Waals surface area contributed by atoms with E-state index in [9.17, 15) is 13.2 Å². The summed E-state index contributed by atoms with van der Waals surface area (Å²) >= 11 is 2.16. The molecule has 0 spiro atoms. The number of aryl methyl sites for hydroxylation is 1. The van der Waals surface area contributed by atoms with E-state index in [4.69, 9.17) is 0 Å². The van der Waals surface area contributed by atoms with Gasteiger partial charge in [-0.05, 0) is 71.5 Å². The minimum absolute atomic E-state index is 0.186. The fourth-order valence-electron chi connectivity index (χ4n) is 1.76. The van der Waals surface area contributed by atoms with E-state index in [0.29, 0.717) is 11.3 Å². The van der Waals surface area contributed by atoms with E-state index in [-0.39, 0.29) is 10.8 Å². The molecule has 110 valence electrons. The molecular formula is C15H14INO3S. The monoisotopic (exact) mass is 415 g/mol. The number of hydrogen-bond acceptors (Lipinski definition) is 3. The predicted octanol–water partition coefficient (Wildman–Crippen LogP) is 3.26.